The van der Waals surface area contributed by atoms with Crippen molar-refractivity contribution >= 4 is 23.4 Å². The van der Waals surface area contributed by atoms with Gasteiger partial charge in [-0.3, -0.25) is 5.32 Å². The van der Waals surface area contributed by atoms with E-state index in [2.05, 4.69) is 17.1 Å². The molecule has 0 aromatic heterocycles. The van der Waals surface area contributed by atoms with Gasteiger partial charge in [0.1, 0.15) is 12.7 Å². The van der Waals surface area contributed by atoms with Gasteiger partial charge in [-0.25, -0.2) is 4.79 Å². The molecule has 1 aromatic rings. The number of piperidine rings is 1. The fraction of sp³-hybridized carbons (Fsp3) is 0.800. The van der Waals surface area contributed by atoms with Gasteiger partial charge in [0, 0.05) is 17.3 Å². The number of amides is 1. The average Bonchev–Trinajstić information content (AvgIpc) is 3.41. The van der Waals surface area contributed by atoms with Crippen molar-refractivity contribution in [1.82, 2.24) is 4.90 Å². The zero-order chi connectivity index (χ0) is 31.3. The van der Waals surface area contributed by atoms with Crippen molar-refractivity contribution in [2.45, 2.75) is 147 Å². The average molecular weight is 637 g/mol. The Morgan fingerprint density at radius 2 is 1.59 bits per heavy atom. The number of anilines is 1. The molecule has 3 saturated heterocycles. The molecule has 0 bridgehead atoms. The Morgan fingerprint density at radius 1 is 0.932 bits per heavy atom. The number of benzene rings is 1. The second-order valence-corrected chi connectivity index (χ2v) is 13.7. The van der Waals surface area contributed by atoms with E-state index in [-0.39, 0.29) is 12.7 Å². The first-order valence-corrected chi connectivity index (χ1v) is 17.8. The van der Waals surface area contributed by atoms with Crippen molar-refractivity contribution < 1.29 is 28.5 Å². The summed E-state index contributed by atoms with van der Waals surface area (Å²) < 4.78 is 31.7. The maximum Gasteiger partial charge on any atom is 0.412 e. The van der Waals surface area contributed by atoms with Crippen molar-refractivity contribution in [2.24, 2.45) is 0 Å². The fourth-order valence-corrected chi connectivity index (χ4v) is 6.86. The van der Waals surface area contributed by atoms with Crippen molar-refractivity contribution in [1.29, 1.82) is 0 Å². The van der Waals surface area contributed by atoms with Crippen LogP contribution in [-0.4, -0.2) is 73.7 Å². The highest BCUT2D eigenvalue weighted by molar-refractivity contribution is 6.30. The van der Waals surface area contributed by atoms with Crippen LogP contribution < -0.4 is 5.32 Å². The Hall–Kier alpha value is -1.42. The van der Waals surface area contributed by atoms with E-state index in [0.29, 0.717) is 17.3 Å². The number of nitrogens with one attached hydrogen (secondary N) is 1. The number of hydrogen-bond acceptors (Lipinski definition) is 7. The quantitative estimate of drug-likeness (QED) is 0.152. The third kappa shape index (κ3) is 11.1. The van der Waals surface area contributed by atoms with E-state index in [4.69, 9.17) is 35.3 Å². The predicted octanol–water partition coefficient (Wildman–Crippen LogP) is 8.71. The van der Waals surface area contributed by atoms with Crippen LogP contribution in [0, 0.1) is 0 Å². The first-order chi connectivity index (χ1) is 21.3. The summed E-state index contributed by atoms with van der Waals surface area (Å²) in [6.07, 6.45) is 16.1. The van der Waals surface area contributed by atoms with E-state index >= 15 is 0 Å². The van der Waals surface area contributed by atoms with Crippen molar-refractivity contribution in [3.8, 4) is 0 Å². The highest BCUT2D eigenvalue weighted by Gasteiger charge is 2.66. The molecular formula is C35H57ClN2O6. The first kappa shape index (κ1) is 35.4. The van der Waals surface area contributed by atoms with Gasteiger partial charge in [-0.2, -0.15) is 0 Å². The number of halogens is 1. The molecule has 250 valence electrons. The summed E-state index contributed by atoms with van der Waals surface area (Å²) in [5, 5.41) is 3.42. The van der Waals surface area contributed by atoms with Gasteiger partial charge in [-0.15, -0.1) is 0 Å². The molecule has 0 saturated carbocycles. The monoisotopic (exact) mass is 636 g/mol. The zero-order valence-corrected chi connectivity index (χ0v) is 28.2. The minimum Gasteiger partial charge on any atom is -0.440 e. The second-order valence-electron chi connectivity index (χ2n) is 13.3. The predicted molar refractivity (Wildman–Crippen MR) is 175 cm³/mol. The smallest absolute Gasteiger partial charge is 0.412 e. The van der Waals surface area contributed by atoms with Gasteiger partial charge >= 0.3 is 6.09 Å². The normalized spacial score (nSPS) is 26.5. The van der Waals surface area contributed by atoms with Crippen LogP contribution in [0.15, 0.2) is 24.3 Å². The largest absolute Gasteiger partial charge is 0.440 e. The summed E-state index contributed by atoms with van der Waals surface area (Å²) in [5.74, 6) is -2.01. The minimum absolute atomic E-state index is 0.236. The summed E-state index contributed by atoms with van der Waals surface area (Å²) in [6, 6.07) is 6.95. The molecule has 1 N–H and O–H groups in total. The number of fused-ring (bicyclic) bond motifs is 1. The molecule has 4 rings (SSSR count). The van der Waals surface area contributed by atoms with Gasteiger partial charge in [0.05, 0.1) is 0 Å². The number of rotatable bonds is 19. The van der Waals surface area contributed by atoms with Crippen LogP contribution in [0.2, 0.25) is 5.02 Å². The van der Waals surface area contributed by atoms with Gasteiger partial charge in [0.15, 0.2) is 18.0 Å². The Balaban J connectivity index is 1.30. The number of nitrogens with zero attached hydrogens (tertiary/aromatic N) is 1. The SMILES string of the molecule is CCCCCCCCCCCCOC[C@@]12O[C@@H](CCCN3CCCCC3)[C@@H](OC(=O)Nc3ccc(Cl)cc3)[C@@H]1OC(C)(C)O2. The lowest BCUT2D eigenvalue weighted by atomic mass is 10.0. The number of carbonyl (C=O) groups excluding carboxylic acids is 1. The van der Waals surface area contributed by atoms with E-state index in [0.717, 1.165) is 45.3 Å². The van der Waals surface area contributed by atoms with Crippen LogP contribution in [0.5, 0.6) is 0 Å². The molecule has 0 aliphatic carbocycles. The maximum absolute atomic E-state index is 13.1. The summed E-state index contributed by atoms with van der Waals surface area (Å²) in [4.78, 5) is 15.6. The van der Waals surface area contributed by atoms with Crippen LogP contribution in [0.1, 0.15) is 117 Å². The molecular weight excluding hydrogens is 580 g/mol. The van der Waals surface area contributed by atoms with Gasteiger partial charge in [0.25, 0.3) is 0 Å². The maximum atomic E-state index is 13.1. The summed E-state index contributed by atoms with van der Waals surface area (Å²) in [7, 11) is 0. The molecule has 1 amide bonds. The number of likely N-dealkylation sites (tertiary alicyclic amines) is 1. The fourth-order valence-electron chi connectivity index (χ4n) is 6.74. The lowest BCUT2D eigenvalue weighted by molar-refractivity contribution is -0.278. The third-order valence-corrected chi connectivity index (χ3v) is 9.22. The second kappa shape index (κ2) is 18.1. The van der Waals surface area contributed by atoms with Crippen molar-refractivity contribution in [2.75, 3.05) is 38.2 Å². The van der Waals surface area contributed by atoms with Crippen LogP contribution in [0.3, 0.4) is 0 Å². The summed E-state index contributed by atoms with van der Waals surface area (Å²) in [5.41, 5.74) is 0.606. The zero-order valence-electron chi connectivity index (χ0n) is 27.5. The summed E-state index contributed by atoms with van der Waals surface area (Å²) >= 11 is 6.02. The molecule has 0 spiro atoms. The molecule has 44 heavy (non-hydrogen) atoms. The van der Waals surface area contributed by atoms with E-state index in [1.807, 2.05) is 13.8 Å². The molecule has 3 heterocycles. The van der Waals surface area contributed by atoms with E-state index in [1.54, 1.807) is 24.3 Å². The number of carbonyl (C=O) groups is 1. The van der Waals surface area contributed by atoms with Crippen LogP contribution in [0.25, 0.3) is 0 Å². The molecule has 3 aliphatic heterocycles. The Labute approximate surface area is 270 Å². The van der Waals surface area contributed by atoms with E-state index < -0.39 is 29.9 Å². The molecule has 1 aromatic carbocycles. The number of hydrogen-bond donors (Lipinski definition) is 1. The number of ether oxygens (including phenoxy) is 5. The van der Waals surface area contributed by atoms with Crippen LogP contribution in [-0.2, 0) is 23.7 Å². The van der Waals surface area contributed by atoms with Gasteiger partial charge < -0.3 is 28.6 Å². The molecule has 0 radical (unpaired) electrons. The lowest BCUT2D eigenvalue weighted by Crippen LogP contribution is -2.46. The standard InChI is InChI=1S/C35H57ClN2O6/c1-4-5-6-7-8-9-10-11-12-16-26-40-27-35-32(43-34(2,3)44-35)31(41-33(39)37-29-21-19-28(36)20-22-29)30(42-35)18-17-25-38-23-14-13-15-24-38/h19-22,30-32H,4-18,23-27H2,1-3H3,(H,37,39)/t30-,31+,32-,35-/m0/s1. The molecule has 8 nitrogen and oxygen atoms in total. The summed E-state index contributed by atoms with van der Waals surface area (Å²) in [6.45, 7) is 10.2. The first-order valence-electron chi connectivity index (χ1n) is 17.4. The number of unbranched alkanes of at least 4 members (excludes halogenated alkanes) is 9. The topological polar surface area (TPSA) is 78.5 Å². The molecule has 0 unspecified atom stereocenters. The Morgan fingerprint density at radius 3 is 2.27 bits per heavy atom. The molecule has 3 fully saturated rings. The van der Waals surface area contributed by atoms with Gasteiger partial charge in [-0.05, 0) is 89.9 Å². The van der Waals surface area contributed by atoms with Crippen molar-refractivity contribution in [3.05, 3.63) is 29.3 Å². The molecule has 3 aliphatic rings. The van der Waals surface area contributed by atoms with E-state index in [1.165, 1.54) is 70.6 Å². The van der Waals surface area contributed by atoms with E-state index in [9.17, 15) is 4.79 Å². The lowest BCUT2D eigenvalue weighted by Gasteiger charge is -2.29. The van der Waals surface area contributed by atoms with Gasteiger partial charge in [-0.1, -0.05) is 82.7 Å². The minimum atomic E-state index is -1.12. The van der Waals surface area contributed by atoms with Crippen molar-refractivity contribution in [3.63, 3.8) is 0 Å². The van der Waals surface area contributed by atoms with Gasteiger partial charge in [0.2, 0.25) is 5.79 Å². The Bertz CT molecular complexity index is 972. The highest BCUT2D eigenvalue weighted by Crippen LogP contribution is 2.47. The molecule has 9 heteroatoms. The highest BCUT2D eigenvalue weighted by atomic mass is 35.5. The van der Waals surface area contributed by atoms with Crippen LogP contribution >= 0.6 is 11.6 Å². The molecule has 4 atom stereocenters. The third-order valence-electron chi connectivity index (χ3n) is 8.97. The Kier molecular flexibility index (Phi) is 14.5. The van der Waals surface area contributed by atoms with Crippen LogP contribution in [0.4, 0.5) is 10.5 Å².